The molecule has 1 saturated heterocycles. The van der Waals surface area contributed by atoms with Gasteiger partial charge in [0.25, 0.3) is 0 Å². The van der Waals surface area contributed by atoms with E-state index < -0.39 is 0 Å². The van der Waals surface area contributed by atoms with Gasteiger partial charge in [-0.25, -0.2) is 4.98 Å². The van der Waals surface area contributed by atoms with E-state index in [4.69, 9.17) is 4.98 Å². The lowest BCUT2D eigenvalue weighted by Gasteiger charge is -2.22. The molecule has 2 atom stereocenters. The molecule has 0 bridgehead atoms. The van der Waals surface area contributed by atoms with Crippen molar-refractivity contribution in [1.29, 1.82) is 0 Å². The van der Waals surface area contributed by atoms with E-state index in [1.165, 1.54) is 12.8 Å². The topological polar surface area (TPSA) is 36.4 Å². The maximum atomic E-state index is 11.2. The second-order valence-electron chi connectivity index (χ2n) is 6.05. The van der Waals surface area contributed by atoms with E-state index >= 15 is 0 Å². The number of hydrogen-bond acceptors (Lipinski definition) is 5. The molecule has 19 heavy (non-hydrogen) atoms. The molecule has 1 aromatic heterocycles. The molecule has 104 valence electrons. The Morgan fingerprint density at radius 2 is 2.11 bits per heavy atom. The number of carbonyl (C=O) groups is 1. The first kappa shape index (κ1) is 13.1. The summed E-state index contributed by atoms with van der Waals surface area (Å²) in [6.45, 7) is 4.35. The van der Waals surface area contributed by atoms with Gasteiger partial charge in [-0.05, 0) is 32.9 Å². The van der Waals surface area contributed by atoms with Crippen molar-refractivity contribution in [1.82, 2.24) is 9.88 Å². The minimum atomic E-state index is 0.551. The van der Waals surface area contributed by atoms with Gasteiger partial charge in [0.2, 0.25) is 0 Å². The Morgan fingerprint density at radius 1 is 1.37 bits per heavy atom. The first-order chi connectivity index (χ1) is 9.10. The van der Waals surface area contributed by atoms with Crippen molar-refractivity contribution in [2.24, 2.45) is 5.92 Å². The average molecular weight is 279 g/mol. The lowest BCUT2D eigenvalue weighted by molar-refractivity contribution is 0.112. The van der Waals surface area contributed by atoms with Crippen molar-refractivity contribution in [3.05, 3.63) is 10.6 Å². The normalized spacial score (nSPS) is 27.3. The summed E-state index contributed by atoms with van der Waals surface area (Å²) in [7, 11) is 4.28. The molecule has 2 unspecified atom stereocenters. The van der Waals surface area contributed by atoms with E-state index in [0.717, 1.165) is 35.1 Å². The van der Waals surface area contributed by atoms with E-state index in [9.17, 15) is 4.79 Å². The SMILES string of the molecule is CC1CN(c2nc(C3CC3)c(C=O)s2)CC1N(C)C. The van der Waals surface area contributed by atoms with Crippen LogP contribution in [-0.2, 0) is 0 Å². The first-order valence-electron chi connectivity index (χ1n) is 6.97. The third-order valence-electron chi connectivity index (χ3n) is 4.25. The van der Waals surface area contributed by atoms with Gasteiger partial charge in [-0.1, -0.05) is 18.3 Å². The van der Waals surface area contributed by atoms with Gasteiger partial charge in [0.15, 0.2) is 11.4 Å². The monoisotopic (exact) mass is 279 g/mol. The van der Waals surface area contributed by atoms with Crippen molar-refractivity contribution in [3.63, 3.8) is 0 Å². The van der Waals surface area contributed by atoms with Crippen LogP contribution in [0.4, 0.5) is 5.13 Å². The Balaban J connectivity index is 1.81. The molecule has 2 fully saturated rings. The fraction of sp³-hybridized carbons (Fsp3) is 0.714. The Bertz CT molecular complexity index is 481. The van der Waals surface area contributed by atoms with E-state index in [-0.39, 0.29) is 0 Å². The Hall–Kier alpha value is -0.940. The maximum Gasteiger partial charge on any atom is 0.186 e. The molecule has 0 radical (unpaired) electrons. The summed E-state index contributed by atoms with van der Waals surface area (Å²) in [5.41, 5.74) is 1.05. The Labute approximate surface area is 118 Å². The highest BCUT2D eigenvalue weighted by Gasteiger charge is 2.35. The molecular formula is C14H21N3OS. The molecule has 2 heterocycles. The van der Waals surface area contributed by atoms with Crippen molar-refractivity contribution in [2.45, 2.75) is 31.7 Å². The van der Waals surface area contributed by atoms with Gasteiger partial charge in [-0.15, -0.1) is 0 Å². The lowest BCUT2D eigenvalue weighted by Crippen LogP contribution is -2.34. The molecule has 2 aliphatic rings. The molecular weight excluding hydrogens is 258 g/mol. The summed E-state index contributed by atoms with van der Waals surface area (Å²) in [6.07, 6.45) is 3.37. The van der Waals surface area contributed by atoms with Gasteiger partial charge >= 0.3 is 0 Å². The lowest BCUT2D eigenvalue weighted by atomic mass is 10.1. The summed E-state index contributed by atoms with van der Waals surface area (Å²) >= 11 is 1.57. The molecule has 0 aromatic carbocycles. The van der Waals surface area contributed by atoms with Crippen LogP contribution in [0.2, 0.25) is 0 Å². The number of hydrogen-bond donors (Lipinski definition) is 0. The van der Waals surface area contributed by atoms with Crippen LogP contribution >= 0.6 is 11.3 Å². The average Bonchev–Trinajstić information content (AvgIpc) is 3.00. The third-order valence-corrected chi connectivity index (χ3v) is 5.30. The number of thiazole rings is 1. The van der Waals surface area contributed by atoms with Gasteiger partial charge < -0.3 is 9.80 Å². The first-order valence-corrected chi connectivity index (χ1v) is 7.79. The second-order valence-corrected chi connectivity index (χ2v) is 7.06. The van der Waals surface area contributed by atoms with Gasteiger partial charge in [0, 0.05) is 25.0 Å². The molecule has 4 nitrogen and oxygen atoms in total. The molecule has 1 aliphatic heterocycles. The van der Waals surface area contributed by atoms with Crippen LogP contribution in [0.3, 0.4) is 0 Å². The van der Waals surface area contributed by atoms with E-state index in [2.05, 4.69) is 30.8 Å². The Morgan fingerprint density at radius 3 is 2.63 bits per heavy atom. The van der Waals surface area contributed by atoms with Crippen molar-refractivity contribution in [3.8, 4) is 0 Å². The number of aromatic nitrogens is 1. The molecule has 0 spiro atoms. The number of aldehydes is 1. The number of carbonyl (C=O) groups excluding carboxylic acids is 1. The van der Waals surface area contributed by atoms with Crippen molar-refractivity contribution in [2.75, 3.05) is 32.1 Å². The second kappa shape index (κ2) is 4.87. The van der Waals surface area contributed by atoms with Crippen LogP contribution in [-0.4, -0.2) is 49.4 Å². The molecule has 1 aliphatic carbocycles. The largest absolute Gasteiger partial charge is 0.346 e. The van der Waals surface area contributed by atoms with Crippen LogP contribution in [0, 0.1) is 5.92 Å². The third kappa shape index (κ3) is 2.41. The summed E-state index contributed by atoms with van der Waals surface area (Å²) in [5.74, 6) is 1.19. The van der Waals surface area contributed by atoms with Gasteiger partial charge in [-0.3, -0.25) is 4.79 Å². The zero-order valence-electron chi connectivity index (χ0n) is 11.8. The van der Waals surface area contributed by atoms with Crippen LogP contribution in [0.25, 0.3) is 0 Å². The van der Waals surface area contributed by atoms with Crippen LogP contribution in [0.1, 0.15) is 41.0 Å². The van der Waals surface area contributed by atoms with Crippen LogP contribution in [0.15, 0.2) is 0 Å². The number of nitrogens with zero attached hydrogens (tertiary/aromatic N) is 3. The smallest absolute Gasteiger partial charge is 0.186 e. The minimum absolute atomic E-state index is 0.551. The fourth-order valence-corrected chi connectivity index (χ4v) is 3.96. The molecule has 0 amide bonds. The standard InChI is InChI=1S/C14H21N3OS/c1-9-6-17(7-11(9)16(2)3)14-15-13(10-4-5-10)12(8-18)19-14/h8-11H,4-7H2,1-3H3. The highest BCUT2D eigenvalue weighted by molar-refractivity contribution is 7.17. The molecule has 1 saturated carbocycles. The number of anilines is 1. The zero-order chi connectivity index (χ0) is 13.6. The zero-order valence-corrected chi connectivity index (χ0v) is 12.6. The van der Waals surface area contributed by atoms with Gasteiger partial charge in [0.1, 0.15) is 0 Å². The number of likely N-dealkylation sites (N-methyl/N-ethyl adjacent to an activating group) is 1. The van der Waals surface area contributed by atoms with Crippen LogP contribution < -0.4 is 4.90 Å². The van der Waals surface area contributed by atoms with Gasteiger partial charge in [0.05, 0.1) is 10.6 Å². The summed E-state index contributed by atoms with van der Waals surface area (Å²) in [6, 6.07) is 0.577. The van der Waals surface area contributed by atoms with E-state index in [1.54, 1.807) is 11.3 Å². The maximum absolute atomic E-state index is 11.2. The van der Waals surface area contributed by atoms with Crippen LogP contribution in [0.5, 0.6) is 0 Å². The summed E-state index contributed by atoms with van der Waals surface area (Å²) in [5, 5.41) is 1.04. The molecule has 3 rings (SSSR count). The highest BCUT2D eigenvalue weighted by atomic mass is 32.1. The van der Waals surface area contributed by atoms with E-state index in [1.807, 2.05) is 0 Å². The summed E-state index contributed by atoms with van der Waals surface area (Å²) in [4.78, 5) is 21.4. The van der Waals surface area contributed by atoms with Crippen molar-refractivity contribution < 1.29 is 4.79 Å². The van der Waals surface area contributed by atoms with Crippen molar-refractivity contribution >= 4 is 22.8 Å². The van der Waals surface area contributed by atoms with E-state index in [0.29, 0.717) is 17.9 Å². The van der Waals surface area contributed by atoms with Gasteiger partial charge in [-0.2, -0.15) is 0 Å². The minimum Gasteiger partial charge on any atom is -0.346 e. The quantitative estimate of drug-likeness (QED) is 0.792. The predicted molar refractivity (Wildman–Crippen MR) is 78.3 cm³/mol. The number of rotatable bonds is 4. The highest BCUT2D eigenvalue weighted by Crippen LogP contribution is 2.44. The molecule has 5 heteroatoms. The Kier molecular flexibility index (Phi) is 3.35. The molecule has 1 aromatic rings. The predicted octanol–water partition coefficient (Wildman–Crippen LogP) is 2.22. The molecule has 0 N–H and O–H groups in total. The summed E-state index contributed by atoms with van der Waals surface area (Å²) < 4.78 is 0. The fourth-order valence-electron chi connectivity index (χ4n) is 2.98.